The van der Waals surface area contributed by atoms with Crippen molar-refractivity contribution in [3.05, 3.63) is 33.8 Å². The molecule has 5 nitrogen and oxygen atoms in total. The number of nitrogens with zero attached hydrogens (tertiary/aromatic N) is 2. The second-order valence-electron chi connectivity index (χ2n) is 4.51. The van der Waals surface area contributed by atoms with Gasteiger partial charge in [-0.15, -0.1) is 11.3 Å². The fourth-order valence-electron chi connectivity index (χ4n) is 1.87. The Labute approximate surface area is 116 Å². The van der Waals surface area contributed by atoms with Crippen molar-refractivity contribution in [2.24, 2.45) is 0 Å². The molecular formula is C13H18N4OS. The summed E-state index contributed by atoms with van der Waals surface area (Å²) in [5, 5.41) is 5.89. The first-order chi connectivity index (χ1) is 9.08. The number of aromatic nitrogens is 3. The van der Waals surface area contributed by atoms with Crippen LogP contribution in [0.15, 0.2) is 11.6 Å². The number of amides is 1. The fraction of sp³-hybridized carbons (Fsp3) is 0.462. The average molecular weight is 278 g/mol. The van der Waals surface area contributed by atoms with E-state index in [-0.39, 0.29) is 11.9 Å². The first-order valence-electron chi connectivity index (χ1n) is 6.30. The van der Waals surface area contributed by atoms with Crippen molar-refractivity contribution in [1.29, 1.82) is 0 Å². The molecule has 0 aliphatic carbocycles. The molecule has 2 aromatic heterocycles. The lowest BCUT2D eigenvalue weighted by atomic mass is 10.2. The number of hydrogen-bond donors (Lipinski definition) is 2. The number of hydrogen-bond acceptors (Lipinski definition) is 4. The maximum absolute atomic E-state index is 12.0. The van der Waals surface area contributed by atoms with E-state index >= 15 is 0 Å². The van der Waals surface area contributed by atoms with Crippen LogP contribution in [0.5, 0.6) is 0 Å². The quantitative estimate of drug-likeness (QED) is 0.881. The molecule has 0 unspecified atom stereocenters. The third kappa shape index (κ3) is 3.64. The number of rotatable bonds is 5. The molecule has 0 spiro atoms. The van der Waals surface area contributed by atoms with Crippen molar-refractivity contribution < 1.29 is 4.79 Å². The highest BCUT2D eigenvalue weighted by molar-refractivity contribution is 7.09. The van der Waals surface area contributed by atoms with Gasteiger partial charge in [-0.3, -0.25) is 4.79 Å². The number of carbonyl (C=O) groups is 1. The normalized spacial score (nSPS) is 12.4. The van der Waals surface area contributed by atoms with Crippen LogP contribution in [0.3, 0.4) is 0 Å². The summed E-state index contributed by atoms with van der Waals surface area (Å²) in [6, 6.07) is -0.0686. The lowest BCUT2D eigenvalue weighted by Gasteiger charge is -2.14. The Kier molecular flexibility index (Phi) is 4.31. The Morgan fingerprint density at radius 1 is 1.53 bits per heavy atom. The van der Waals surface area contributed by atoms with Gasteiger partial charge in [-0.05, 0) is 20.3 Å². The summed E-state index contributed by atoms with van der Waals surface area (Å²) in [6.45, 7) is 5.91. The largest absolute Gasteiger partial charge is 0.346 e. The summed E-state index contributed by atoms with van der Waals surface area (Å²) >= 11 is 1.56. The predicted molar refractivity (Wildman–Crippen MR) is 75.1 cm³/mol. The standard InChI is InChI=1S/C13H18N4OS/c1-4-11(13-14-6-8(2)15-13)17-12(18)5-10-7-19-9(3)16-10/h6-7,11H,4-5H2,1-3H3,(H,14,15)(H,17,18)/t11-/m0/s1. The molecule has 0 saturated carbocycles. The van der Waals surface area contributed by atoms with E-state index in [9.17, 15) is 4.79 Å². The zero-order valence-corrected chi connectivity index (χ0v) is 12.2. The first-order valence-corrected chi connectivity index (χ1v) is 7.18. The van der Waals surface area contributed by atoms with E-state index in [1.165, 1.54) is 0 Å². The van der Waals surface area contributed by atoms with Crippen LogP contribution in [0.25, 0.3) is 0 Å². The number of carbonyl (C=O) groups excluding carboxylic acids is 1. The third-order valence-corrected chi connectivity index (χ3v) is 3.63. The molecule has 2 aromatic rings. The van der Waals surface area contributed by atoms with Gasteiger partial charge < -0.3 is 10.3 Å². The zero-order valence-electron chi connectivity index (χ0n) is 11.4. The van der Waals surface area contributed by atoms with Crippen LogP contribution in [-0.2, 0) is 11.2 Å². The molecular weight excluding hydrogens is 260 g/mol. The van der Waals surface area contributed by atoms with E-state index in [0.29, 0.717) is 6.42 Å². The molecule has 0 fully saturated rings. The summed E-state index contributed by atoms with van der Waals surface area (Å²) in [5.41, 5.74) is 1.82. The Balaban J connectivity index is 1.96. The molecule has 6 heteroatoms. The van der Waals surface area contributed by atoms with Crippen LogP contribution in [-0.4, -0.2) is 20.9 Å². The van der Waals surface area contributed by atoms with Crippen molar-refractivity contribution in [2.45, 2.75) is 39.7 Å². The third-order valence-electron chi connectivity index (χ3n) is 2.80. The minimum atomic E-state index is -0.0686. The van der Waals surface area contributed by atoms with Gasteiger partial charge in [0.25, 0.3) is 0 Å². The number of H-pyrrole nitrogens is 1. The van der Waals surface area contributed by atoms with Crippen molar-refractivity contribution >= 4 is 17.2 Å². The first kappa shape index (κ1) is 13.7. The molecule has 102 valence electrons. The summed E-state index contributed by atoms with van der Waals surface area (Å²) < 4.78 is 0. The molecule has 2 N–H and O–H groups in total. The van der Waals surface area contributed by atoms with Gasteiger partial charge in [-0.25, -0.2) is 9.97 Å². The maximum Gasteiger partial charge on any atom is 0.226 e. The Morgan fingerprint density at radius 3 is 2.84 bits per heavy atom. The van der Waals surface area contributed by atoms with Crippen LogP contribution >= 0.6 is 11.3 Å². The van der Waals surface area contributed by atoms with Crippen molar-refractivity contribution in [3.8, 4) is 0 Å². The molecule has 0 aromatic carbocycles. The molecule has 2 rings (SSSR count). The summed E-state index contributed by atoms with van der Waals surface area (Å²) in [6.07, 6.45) is 2.89. The van der Waals surface area contributed by atoms with Crippen molar-refractivity contribution in [2.75, 3.05) is 0 Å². The maximum atomic E-state index is 12.0. The minimum absolute atomic E-state index is 0.0220. The predicted octanol–water partition coefficient (Wildman–Crippen LogP) is 2.29. The van der Waals surface area contributed by atoms with Crippen LogP contribution in [0, 0.1) is 13.8 Å². The number of aryl methyl sites for hydroxylation is 2. The molecule has 0 aliphatic heterocycles. The van der Waals surface area contributed by atoms with Crippen LogP contribution in [0.2, 0.25) is 0 Å². The topological polar surface area (TPSA) is 70.7 Å². The second-order valence-corrected chi connectivity index (χ2v) is 5.58. The van der Waals surface area contributed by atoms with E-state index in [4.69, 9.17) is 0 Å². The van der Waals surface area contributed by atoms with E-state index in [2.05, 4.69) is 20.3 Å². The smallest absolute Gasteiger partial charge is 0.226 e. The monoisotopic (exact) mass is 278 g/mol. The van der Waals surface area contributed by atoms with Gasteiger partial charge in [-0.1, -0.05) is 6.92 Å². The molecule has 1 amide bonds. The van der Waals surface area contributed by atoms with Crippen molar-refractivity contribution in [3.63, 3.8) is 0 Å². The van der Waals surface area contributed by atoms with E-state index < -0.39 is 0 Å². The van der Waals surface area contributed by atoms with Gasteiger partial charge in [0.05, 0.1) is 23.2 Å². The highest BCUT2D eigenvalue weighted by atomic mass is 32.1. The van der Waals surface area contributed by atoms with E-state index in [0.717, 1.165) is 28.6 Å². The Hall–Kier alpha value is -1.69. The van der Waals surface area contributed by atoms with Gasteiger partial charge >= 0.3 is 0 Å². The zero-order chi connectivity index (χ0) is 13.8. The second kappa shape index (κ2) is 5.97. The Morgan fingerprint density at radius 2 is 2.32 bits per heavy atom. The Bertz CT molecular complexity index is 560. The molecule has 2 heterocycles. The van der Waals surface area contributed by atoms with Gasteiger partial charge in [0.2, 0.25) is 5.91 Å². The van der Waals surface area contributed by atoms with Crippen LogP contribution < -0.4 is 5.32 Å². The molecule has 0 radical (unpaired) electrons. The minimum Gasteiger partial charge on any atom is -0.346 e. The van der Waals surface area contributed by atoms with Gasteiger partial charge in [0.1, 0.15) is 5.82 Å². The lowest BCUT2D eigenvalue weighted by molar-refractivity contribution is -0.121. The number of nitrogens with one attached hydrogen (secondary N) is 2. The van der Waals surface area contributed by atoms with E-state index in [1.54, 1.807) is 17.5 Å². The van der Waals surface area contributed by atoms with E-state index in [1.807, 2.05) is 26.2 Å². The average Bonchev–Trinajstić information content (AvgIpc) is 2.95. The number of thiazole rings is 1. The van der Waals surface area contributed by atoms with Crippen molar-refractivity contribution in [1.82, 2.24) is 20.3 Å². The fourth-order valence-corrected chi connectivity index (χ4v) is 2.49. The molecule has 0 saturated heterocycles. The SMILES string of the molecule is CC[C@H](NC(=O)Cc1csc(C)n1)c1ncc(C)[nH]1. The summed E-state index contributed by atoms with van der Waals surface area (Å²) in [7, 11) is 0. The summed E-state index contributed by atoms with van der Waals surface area (Å²) in [4.78, 5) is 23.7. The van der Waals surface area contributed by atoms with Crippen LogP contribution in [0.1, 0.15) is 41.6 Å². The molecule has 0 bridgehead atoms. The van der Waals surface area contributed by atoms with Crippen LogP contribution in [0.4, 0.5) is 0 Å². The molecule has 19 heavy (non-hydrogen) atoms. The summed E-state index contributed by atoms with van der Waals surface area (Å²) in [5.74, 6) is 0.786. The number of aromatic amines is 1. The molecule has 1 atom stereocenters. The van der Waals surface area contributed by atoms with Gasteiger partial charge in [0, 0.05) is 17.3 Å². The highest BCUT2D eigenvalue weighted by Crippen LogP contribution is 2.14. The van der Waals surface area contributed by atoms with Gasteiger partial charge in [0.15, 0.2) is 0 Å². The highest BCUT2D eigenvalue weighted by Gasteiger charge is 2.16. The lowest BCUT2D eigenvalue weighted by Crippen LogP contribution is -2.30. The van der Waals surface area contributed by atoms with Gasteiger partial charge in [-0.2, -0.15) is 0 Å². The number of imidazole rings is 1. The molecule has 0 aliphatic rings.